The normalized spacial score (nSPS) is 20.2. The van der Waals surface area contributed by atoms with Gasteiger partial charge >= 0.3 is 0 Å². The predicted octanol–water partition coefficient (Wildman–Crippen LogP) is 2.65. The van der Waals surface area contributed by atoms with Crippen LogP contribution >= 0.6 is 0 Å². The molecule has 1 aromatic heterocycles. The van der Waals surface area contributed by atoms with Crippen molar-refractivity contribution in [3.8, 4) is 0 Å². The summed E-state index contributed by atoms with van der Waals surface area (Å²) in [5.74, 6) is -3.84. The molecule has 1 N–H and O–H groups in total. The first-order valence-corrected chi connectivity index (χ1v) is 6.11. The van der Waals surface area contributed by atoms with Crippen molar-refractivity contribution in [2.24, 2.45) is 0 Å². The van der Waals surface area contributed by atoms with Crippen LogP contribution in [0, 0.1) is 17.5 Å². The van der Waals surface area contributed by atoms with Gasteiger partial charge in [-0.1, -0.05) is 0 Å². The molecular formula is C13H13F3N2O. The molecule has 0 spiro atoms. The molecule has 1 fully saturated rings. The fraction of sp³-hybridized carbons (Fsp3) is 0.385. The van der Waals surface area contributed by atoms with Crippen molar-refractivity contribution in [2.75, 3.05) is 24.5 Å². The highest BCUT2D eigenvalue weighted by Gasteiger charge is 2.28. The summed E-state index contributed by atoms with van der Waals surface area (Å²) in [6, 6.07) is 1.45. The molecule has 0 unspecified atom stereocenters. The number of anilines is 1. The molecule has 1 aromatic carbocycles. The van der Waals surface area contributed by atoms with Gasteiger partial charge in [0.25, 0.3) is 0 Å². The number of benzene rings is 1. The smallest absolute Gasteiger partial charge is 0.197 e. The molecule has 6 heteroatoms. The fourth-order valence-corrected chi connectivity index (χ4v) is 2.50. The van der Waals surface area contributed by atoms with Gasteiger partial charge in [0, 0.05) is 25.7 Å². The highest BCUT2D eigenvalue weighted by atomic mass is 19.2. The Balaban J connectivity index is 2.19. The van der Waals surface area contributed by atoms with Gasteiger partial charge in [-0.15, -0.1) is 0 Å². The number of piperazine rings is 1. The van der Waals surface area contributed by atoms with Crippen molar-refractivity contribution in [3.05, 3.63) is 29.8 Å². The second-order valence-corrected chi connectivity index (χ2v) is 4.76. The number of hydrogen-bond donors (Lipinski definition) is 1. The molecule has 0 bridgehead atoms. The van der Waals surface area contributed by atoms with E-state index in [1.54, 1.807) is 4.90 Å². The molecule has 1 saturated heterocycles. The van der Waals surface area contributed by atoms with E-state index in [9.17, 15) is 13.2 Å². The highest BCUT2D eigenvalue weighted by Crippen LogP contribution is 2.35. The molecule has 1 aliphatic heterocycles. The summed E-state index contributed by atoms with van der Waals surface area (Å²) >= 11 is 0. The van der Waals surface area contributed by atoms with Crippen LogP contribution in [0.25, 0.3) is 11.0 Å². The van der Waals surface area contributed by atoms with Crippen LogP contribution in [-0.4, -0.2) is 25.7 Å². The summed E-state index contributed by atoms with van der Waals surface area (Å²) in [5.41, 5.74) is 0.0674. The predicted molar refractivity (Wildman–Crippen MR) is 65.8 cm³/mol. The summed E-state index contributed by atoms with van der Waals surface area (Å²) in [5, 5.41) is 3.18. The van der Waals surface area contributed by atoms with Gasteiger partial charge in [-0.2, -0.15) is 0 Å². The summed E-state index contributed by atoms with van der Waals surface area (Å²) < 4.78 is 46.4. The van der Waals surface area contributed by atoms with E-state index in [1.807, 2.05) is 6.92 Å². The lowest BCUT2D eigenvalue weighted by Gasteiger charge is -2.33. The van der Waals surface area contributed by atoms with Crippen molar-refractivity contribution in [2.45, 2.75) is 13.0 Å². The first-order valence-electron chi connectivity index (χ1n) is 6.11. The second kappa shape index (κ2) is 4.45. The Bertz CT molecular complexity index is 626. The van der Waals surface area contributed by atoms with Crippen molar-refractivity contribution in [1.29, 1.82) is 0 Å². The van der Waals surface area contributed by atoms with E-state index in [1.165, 1.54) is 12.3 Å². The zero-order chi connectivity index (χ0) is 13.6. The zero-order valence-corrected chi connectivity index (χ0v) is 10.3. The topological polar surface area (TPSA) is 28.4 Å². The third kappa shape index (κ3) is 1.87. The molecule has 1 atom stereocenters. The average Bonchev–Trinajstić information content (AvgIpc) is 2.85. The number of fused-ring (bicyclic) bond motifs is 1. The third-order valence-corrected chi connectivity index (χ3v) is 3.40. The molecule has 0 saturated carbocycles. The van der Waals surface area contributed by atoms with Crippen LogP contribution in [0.2, 0.25) is 0 Å². The van der Waals surface area contributed by atoms with E-state index in [2.05, 4.69) is 5.32 Å². The van der Waals surface area contributed by atoms with Crippen LogP contribution in [-0.2, 0) is 0 Å². The van der Waals surface area contributed by atoms with Gasteiger partial charge in [0.2, 0.25) is 0 Å². The lowest BCUT2D eigenvalue weighted by atomic mass is 10.1. The van der Waals surface area contributed by atoms with Gasteiger partial charge in [0.15, 0.2) is 23.0 Å². The highest BCUT2D eigenvalue weighted by molar-refractivity contribution is 5.90. The largest absolute Gasteiger partial charge is 0.462 e. The standard InChI is InChI=1S/C13H13F3N2O/c1-7-6-18(4-3-17-7)12-11(16)10(15)9(14)8-2-5-19-13(8)12/h2,5,7,17H,3-4,6H2,1H3/t7-/m0/s1. The lowest BCUT2D eigenvalue weighted by molar-refractivity contribution is 0.439. The Hall–Kier alpha value is -1.69. The first-order chi connectivity index (χ1) is 9.09. The van der Waals surface area contributed by atoms with E-state index in [4.69, 9.17) is 4.42 Å². The van der Waals surface area contributed by atoms with Gasteiger partial charge in [0.1, 0.15) is 5.69 Å². The molecule has 2 aromatic rings. The van der Waals surface area contributed by atoms with E-state index in [0.717, 1.165) is 0 Å². The lowest BCUT2D eigenvalue weighted by Crippen LogP contribution is -2.49. The van der Waals surface area contributed by atoms with Gasteiger partial charge in [-0.05, 0) is 13.0 Å². The van der Waals surface area contributed by atoms with Crippen LogP contribution in [0.15, 0.2) is 16.7 Å². The van der Waals surface area contributed by atoms with Crippen molar-refractivity contribution >= 4 is 16.7 Å². The van der Waals surface area contributed by atoms with Gasteiger partial charge in [-0.3, -0.25) is 0 Å². The number of furan rings is 1. The molecule has 3 nitrogen and oxygen atoms in total. The van der Waals surface area contributed by atoms with E-state index >= 15 is 0 Å². The molecule has 19 heavy (non-hydrogen) atoms. The Kier molecular flexibility index (Phi) is 2.89. The minimum atomic E-state index is -1.45. The molecule has 0 amide bonds. The maximum absolute atomic E-state index is 14.0. The Labute approximate surface area is 108 Å². The minimum Gasteiger partial charge on any atom is -0.462 e. The van der Waals surface area contributed by atoms with Crippen LogP contribution in [0.4, 0.5) is 18.9 Å². The van der Waals surface area contributed by atoms with E-state index in [-0.39, 0.29) is 22.7 Å². The molecule has 2 heterocycles. The van der Waals surface area contributed by atoms with E-state index in [0.29, 0.717) is 19.6 Å². The summed E-state index contributed by atoms with van der Waals surface area (Å²) in [6.45, 7) is 3.63. The molecule has 1 aliphatic rings. The van der Waals surface area contributed by atoms with Crippen LogP contribution in [0.3, 0.4) is 0 Å². The number of nitrogens with one attached hydrogen (secondary N) is 1. The van der Waals surface area contributed by atoms with Crippen LogP contribution in [0.1, 0.15) is 6.92 Å². The first kappa shape index (κ1) is 12.3. The van der Waals surface area contributed by atoms with Crippen molar-refractivity contribution in [3.63, 3.8) is 0 Å². The summed E-state index contributed by atoms with van der Waals surface area (Å²) in [4.78, 5) is 1.69. The van der Waals surface area contributed by atoms with Gasteiger partial charge in [0.05, 0.1) is 11.6 Å². The number of nitrogens with zero attached hydrogens (tertiary/aromatic N) is 1. The monoisotopic (exact) mass is 270 g/mol. The minimum absolute atomic E-state index is 0.00671. The summed E-state index contributed by atoms with van der Waals surface area (Å²) in [7, 11) is 0. The van der Waals surface area contributed by atoms with E-state index < -0.39 is 17.5 Å². The number of halogens is 3. The summed E-state index contributed by atoms with van der Waals surface area (Å²) in [6.07, 6.45) is 1.24. The molecule has 0 radical (unpaired) electrons. The SMILES string of the molecule is C[C@H]1CN(c2c(F)c(F)c(F)c3ccoc23)CCN1. The Morgan fingerprint density at radius 2 is 2.05 bits per heavy atom. The number of hydrogen-bond acceptors (Lipinski definition) is 3. The Morgan fingerprint density at radius 3 is 2.79 bits per heavy atom. The zero-order valence-electron chi connectivity index (χ0n) is 10.3. The van der Waals surface area contributed by atoms with Crippen LogP contribution in [0.5, 0.6) is 0 Å². The maximum Gasteiger partial charge on any atom is 0.197 e. The van der Waals surface area contributed by atoms with Crippen molar-refractivity contribution in [1.82, 2.24) is 5.32 Å². The van der Waals surface area contributed by atoms with Crippen molar-refractivity contribution < 1.29 is 17.6 Å². The van der Waals surface area contributed by atoms with Gasteiger partial charge in [-0.25, -0.2) is 13.2 Å². The third-order valence-electron chi connectivity index (χ3n) is 3.40. The molecule has 3 rings (SSSR count). The molecule has 0 aliphatic carbocycles. The van der Waals surface area contributed by atoms with Gasteiger partial charge < -0.3 is 14.6 Å². The Morgan fingerprint density at radius 1 is 1.26 bits per heavy atom. The number of rotatable bonds is 1. The fourth-order valence-electron chi connectivity index (χ4n) is 2.50. The average molecular weight is 270 g/mol. The molecule has 102 valence electrons. The van der Waals surface area contributed by atoms with Crippen LogP contribution < -0.4 is 10.2 Å². The molecular weight excluding hydrogens is 257 g/mol. The maximum atomic E-state index is 14.0. The quantitative estimate of drug-likeness (QED) is 0.807. The second-order valence-electron chi connectivity index (χ2n) is 4.76.